The number of fused-ring (bicyclic) bond motifs is 3. The largest absolute Gasteiger partial charge is 0.381 e. The van der Waals surface area contributed by atoms with E-state index in [-0.39, 0.29) is 5.69 Å². The Bertz CT molecular complexity index is 752. The quantitative estimate of drug-likeness (QED) is 0.791. The second-order valence-electron chi connectivity index (χ2n) is 7.83. The minimum absolute atomic E-state index is 0.144. The summed E-state index contributed by atoms with van der Waals surface area (Å²) in [5, 5.41) is 3.77. The zero-order valence-electron chi connectivity index (χ0n) is 12.9. The molecule has 4 heteroatoms. The highest BCUT2D eigenvalue weighted by molar-refractivity contribution is 5.78. The Labute approximate surface area is 124 Å². The third-order valence-corrected chi connectivity index (χ3v) is 6.10. The fourth-order valence-corrected chi connectivity index (χ4v) is 4.95. The lowest BCUT2D eigenvalue weighted by molar-refractivity contribution is 0.155. The fourth-order valence-electron chi connectivity index (χ4n) is 4.95. The molecule has 0 saturated heterocycles. The highest BCUT2D eigenvalue weighted by atomic mass is 16.1. The monoisotopic (exact) mass is 285 g/mol. The van der Waals surface area contributed by atoms with Gasteiger partial charge in [0.2, 0.25) is 0 Å². The number of anilines is 1. The molecule has 0 amide bonds. The van der Waals surface area contributed by atoms with Crippen LogP contribution in [0.1, 0.15) is 40.0 Å². The molecule has 2 aliphatic carbocycles. The molecule has 4 nitrogen and oxygen atoms in total. The summed E-state index contributed by atoms with van der Waals surface area (Å²) in [6, 6.07) is 6.57. The van der Waals surface area contributed by atoms with Crippen LogP contribution in [0.5, 0.6) is 0 Å². The Morgan fingerprint density at radius 3 is 2.67 bits per heavy atom. The number of H-pyrrole nitrogens is 2. The third-order valence-electron chi connectivity index (χ3n) is 6.10. The van der Waals surface area contributed by atoms with Crippen molar-refractivity contribution in [3.05, 3.63) is 28.7 Å². The van der Waals surface area contributed by atoms with E-state index in [1.807, 2.05) is 12.1 Å². The lowest BCUT2D eigenvalue weighted by Crippen LogP contribution is -2.45. The van der Waals surface area contributed by atoms with Gasteiger partial charge in [-0.25, -0.2) is 4.79 Å². The predicted octanol–water partition coefficient (Wildman–Crippen LogP) is 3.48. The number of nitrogens with one attached hydrogen (secondary N) is 3. The fraction of sp³-hybridized carbons (Fsp3) is 0.588. The highest BCUT2D eigenvalue weighted by Gasteiger charge is 2.59. The van der Waals surface area contributed by atoms with Gasteiger partial charge in [0.15, 0.2) is 0 Å². The van der Waals surface area contributed by atoms with E-state index in [9.17, 15) is 4.79 Å². The van der Waals surface area contributed by atoms with Crippen LogP contribution < -0.4 is 11.0 Å². The predicted molar refractivity (Wildman–Crippen MR) is 85.6 cm³/mol. The van der Waals surface area contributed by atoms with Crippen LogP contribution in [-0.2, 0) is 0 Å². The van der Waals surface area contributed by atoms with Crippen LogP contribution in [-0.4, -0.2) is 16.0 Å². The smallest absolute Gasteiger partial charge is 0.323 e. The van der Waals surface area contributed by atoms with E-state index in [1.54, 1.807) is 0 Å². The van der Waals surface area contributed by atoms with E-state index in [1.165, 1.54) is 19.3 Å². The molecule has 2 aromatic rings. The average Bonchev–Trinajstić information content (AvgIpc) is 3.02. The van der Waals surface area contributed by atoms with E-state index >= 15 is 0 Å². The molecule has 1 aromatic heterocycles. The molecule has 2 fully saturated rings. The van der Waals surface area contributed by atoms with Gasteiger partial charge in [0.25, 0.3) is 0 Å². The van der Waals surface area contributed by atoms with Crippen molar-refractivity contribution >= 4 is 16.7 Å². The van der Waals surface area contributed by atoms with Gasteiger partial charge in [0.05, 0.1) is 11.0 Å². The summed E-state index contributed by atoms with van der Waals surface area (Å²) in [4.78, 5) is 17.0. The highest BCUT2D eigenvalue weighted by Crippen LogP contribution is 2.63. The van der Waals surface area contributed by atoms with Crippen LogP contribution in [0.3, 0.4) is 0 Å². The van der Waals surface area contributed by atoms with Crippen molar-refractivity contribution in [1.29, 1.82) is 0 Å². The molecule has 1 heterocycles. The maximum absolute atomic E-state index is 11.4. The SMILES string of the molecule is CC1(C)C(Nc2ccc3[nH]c(=O)[nH]c3c2)[C@]2(C)CC[C@H]1C2. The lowest BCUT2D eigenvalue weighted by Gasteiger charge is -2.43. The molecule has 4 rings (SSSR count). The molecule has 1 aromatic carbocycles. The minimum atomic E-state index is -0.144. The summed E-state index contributed by atoms with van der Waals surface area (Å²) in [5.41, 5.74) is 3.42. The molecule has 2 aliphatic rings. The van der Waals surface area contributed by atoms with Gasteiger partial charge in [-0.2, -0.15) is 0 Å². The molecule has 0 radical (unpaired) electrons. The summed E-state index contributed by atoms with van der Waals surface area (Å²) < 4.78 is 0. The van der Waals surface area contributed by atoms with Crippen LogP contribution >= 0.6 is 0 Å². The Balaban J connectivity index is 1.69. The van der Waals surface area contributed by atoms with Crippen molar-refractivity contribution < 1.29 is 0 Å². The summed E-state index contributed by atoms with van der Waals surface area (Å²) in [6.07, 6.45) is 4.02. The van der Waals surface area contributed by atoms with Gasteiger partial charge in [-0.1, -0.05) is 20.8 Å². The summed E-state index contributed by atoms with van der Waals surface area (Å²) in [7, 11) is 0. The van der Waals surface area contributed by atoms with Gasteiger partial charge < -0.3 is 15.3 Å². The first kappa shape index (κ1) is 13.0. The molecule has 3 N–H and O–H groups in total. The molecule has 1 unspecified atom stereocenters. The maximum atomic E-state index is 11.4. The molecule has 0 aliphatic heterocycles. The van der Waals surface area contributed by atoms with Gasteiger partial charge in [0.1, 0.15) is 0 Å². The standard InChI is InChI=1S/C17H23N3O/c1-16(2)10-6-7-17(3,9-10)14(16)18-11-4-5-12-13(8-11)20-15(21)19-12/h4-5,8,10,14,18H,6-7,9H2,1-3H3,(H2,19,20,21)/t10-,14?,17+/m0/s1. The van der Waals surface area contributed by atoms with Crippen LogP contribution in [0, 0.1) is 16.7 Å². The Hall–Kier alpha value is -1.71. The molecule has 2 saturated carbocycles. The van der Waals surface area contributed by atoms with Crippen molar-refractivity contribution in [1.82, 2.24) is 9.97 Å². The Morgan fingerprint density at radius 1 is 1.19 bits per heavy atom. The van der Waals surface area contributed by atoms with Crippen molar-refractivity contribution in [2.45, 2.75) is 46.1 Å². The number of aromatic amines is 2. The van der Waals surface area contributed by atoms with Crippen LogP contribution in [0.15, 0.2) is 23.0 Å². The number of benzene rings is 1. The maximum Gasteiger partial charge on any atom is 0.323 e. The molecule has 0 spiro atoms. The van der Waals surface area contributed by atoms with Crippen molar-refractivity contribution in [3.8, 4) is 0 Å². The number of hydrogen-bond donors (Lipinski definition) is 3. The first-order chi connectivity index (χ1) is 9.88. The minimum Gasteiger partial charge on any atom is -0.381 e. The molecule has 21 heavy (non-hydrogen) atoms. The van der Waals surface area contributed by atoms with Gasteiger partial charge in [0, 0.05) is 11.7 Å². The average molecular weight is 285 g/mol. The summed E-state index contributed by atoms with van der Waals surface area (Å²) in [5.74, 6) is 0.829. The lowest BCUT2D eigenvalue weighted by atomic mass is 9.68. The van der Waals surface area contributed by atoms with Crippen LogP contribution in [0.25, 0.3) is 11.0 Å². The van der Waals surface area contributed by atoms with E-state index < -0.39 is 0 Å². The van der Waals surface area contributed by atoms with Crippen molar-refractivity contribution in [3.63, 3.8) is 0 Å². The van der Waals surface area contributed by atoms with Crippen molar-refractivity contribution in [2.75, 3.05) is 5.32 Å². The van der Waals surface area contributed by atoms with Crippen LogP contribution in [0.2, 0.25) is 0 Å². The van der Waals surface area contributed by atoms with Gasteiger partial charge >= 0.3 is 5.69 Å². The molecule has 112 valence electrons. The van der Waals surface area contributed by atoms with E-state index in [4.69, 9.17) is 0 Å². The second-order valence-corrected chi connectivity index (χ2v) is 7.83. The number of hydrogen-bond acceptors (Lipinski definition) is 2. The number of aromatic nitrogens is 2. The zero-order chi connectivity index (χ0) is 14.8. The Kier molecular flexibility index (Phi) is 2.43. The topological polar surface area (TPSA) is 60.7 Å². The first-order valence-electron chi connectivity index (χ1n) is 7.87. The van der Waals surface area contributed by atoms with E-state index in [0.29, 0.717) is 16.9 Å². The number of rotatable bonds is 2. The second kappa shape index (κ2) is 3.93. The molecular formula is C17H23N3O. The molecular weight excluding hydrogens is 262 g/mol. The van der Waals surface area contributed by atoms with Gasteiger partial charge in [-0.3, -0.25) is 0 Å². The van der Waals surface area contributed by atoms with Crippen molar-refractivity contribution in [2.24, 2.45) is 16.7 Å². The van der Waals surface area contributed by atoms with Crippen LogP contribution in [0.4, 0.5) is 5.69 Å². The third kappa shape index (κ3) is 1.78. The zero-order valence-corrected chi connectivity index (χ0v) is 12.9. The Morgan fingerprint density at radius 2 is 1.95 bits per heavy atom. The van der Waals surface area contributed by atoms with Gasteiger partial charge in [-0.05, 0) is 54.2 Å². The molecule has 3 atom stereocenters. The number of imidazole rings is 1. The molecule has 2 bridgehead atoms. The summed E-state index contributed by atoms with van der Waals surface area (Å²) in [6.45, 7) is 7.23. The summed E-state index contributed by atoms with van der Waals surface area (Å²) >= 11 is 0. The van der Waals surface area contributed by atoms with E-state index in [0.717, 1.165) is 22.6 Å². The van der Waals surface area contributed by atoms with Gasteiger partial charge in [-0.15, -0.1) is 0 Å². The first-order valence-corrected chi connectivity index (χ1v) is 7.87. The van der Waals surface area contributed by atoms with E-state index in [2.05, 4.69) is 42.1 Å². The normalized spacial score (nSPS) is 33.7.